The highest BCUT2D eigenvalue weighted by atomic mass is 16.6. The average Bonchev–Trinajstić information content (AvgIpc) is 2.30. The molecular weight excluding hydrogens is 238 g/mol. The third kappa shape index (κ3) is 3.41. The molecule has 0 atom stereocenters. The molecule has 1 rings (SSSR count). The molecule has 0 saturated carbocycles. The van der Waals surface area contributed by atoms with Gasteiger partial charge in [-0.2, -0.15) is 0 Å². The van der Waals surface area contributed by atoms with Crippen LogP contribution in [-0.2, 0) is 4.79 Å². The molecular formula is C11H15N3O4. The highest BCUT2D eigenvalue weighted by molar-refractivity contribution is 5.67. The van der Waals surface area contributed by atoms with Gasteiger partial charge in [0.2, 0.25) is 0 Å². The molecule has 0 radical (unpaired) electrons. The number of carboxylic acids is 1. The fourth-order valence-corrected chi connectivity index (χ4v) is 1.63. The second kappa shape index (κ2) is 5.95. The van der Waals surface area contributed by atoms with Crippen molar-refractivity contribution in [3.8, 4) is 0 Å². The van der Waals surface area contributed by atoms with E-state index in [9.17, 15) is 14.9 Å². The zero-order chi connectivity index (χ0) is 13.7. The summed E-state index contributed by atoms with van der Waals surface area (Å²) in [5.74, 6) is -0.294. The van der Waals surface area contributed by atoms with Crippen molar-refractivity contribution in [3.63, 3.8) is 0 Å². The molecule has 18 heavy (non-hydrogen) atoms. The van der Waals surface area contributed by atoms with Crippen molar-refractivity contribution < 1.29 is 14.8 Å². The van der Waals surface area contributed by atoms with Crippen molar-refractivity contribution in [2.24, 2.45) is 0 Å². The van der Waals surface area contributed by atoms with Gasteiger partial charge in [0.1, 0.15) is 12.0 Å². The van der Waals surface area contributed by atoms with Crippen LogP contribution in [0.25, 0.3) is 0 Å². The first-order valence-corrected chi connectivity index (χ1v) is 5.53. The van der Waals surface area contributed by atoms with E-state index in [1.807, 2.05) is 6.92 Å². The van der Waals surface area contributed by atoms with Crippen molar-refractivity contribution >= 4 is 17.5 Å². The Morgan fingerprint density at radius 1 is 1.61 bits per heavy atom. The highest BCUT2D eigenvalue weighted by Gasteiger charge is 2.14. The minimum absolute atomic E-state index is 0.00590. The molecule has 7 nitrogen and oxygen atoms in total. The topological polar surface area (TPSA) is 96.6 Å². The first kappa shape index (κ1) is 13.9. The summed E-state index contributed by atoms with van der Waals surface area (Å²) in [4.78, 5) is 26.5. The van der Waals surface area contributed by atoms with E-state index in [2.05, 4.69) is 4.98 Å². The molecule has 0 amide bonds. The Kier molecular flexibility index (Phi) is 4.59. The summed E-state index contributed by atoms with van der Waals surface area (Å²) >= 11 is 0. The van der Waals surface area contributed by atoms with Gasteiger partial charge in [-0.1, -0.05) is 0 Å². The molecule has 0 bridgehead atoms. The van der Waals surface area contributed by atoms with Crippen LogP contribution < -0.4 is 4.90 Å². The van der Waals surface area contributed by atoms with Crippen LogP contribution in [0.15, 0.2) is 12.3 Å². The van der Waals surface area contributed by atoms with Crippen molar-refractivity contribution in [2.45, 2.75) is 20.3 Å². The summed E-state index contributed by atoms with van der Waals surface area (Å²) in [6, 6.07) is 1.44. The van der Waals surface area contributed by atoms with E-state index in [0.29, 0.717) is 24.5 Å². The maximum Gasteiger partial charge on any atom is 0.305 e. The summed E-state index contributed by atoms with van der Waals surface area (Å²) in [6.45, 7) is 4.53. The number of aliphatic carboxylic acids is 1. The molecule has 1 aromatic rings. The average molecular weight is 253 g/mol. The molecule has 0 aromatic carbocycles. The molecule has 0 unspecified atom stereocenters. The van der Waals surface area contributed by atoms with Crippen LogP contribution in [0.3, 0.4) is 0 Å². The van der Waals surface area contributed by atoms with Crippen molar-refractivity contribution in [2.75, 3.05) is 18.0 Å². The van der Waals surface area contributed by atoms with Crippen LogP contribution in [0.4, 0.5) is 11.5 Å². The predicted octanol–water partition coefficient (Wildman–Crippen LogP) is 1.60. The van der Waals surface area contributed by atoms with Crippen LogP contribution >= 0.6 is 0 Å². The van der Waals surface area contributed by atoms with Crippen molar-refractivity contribution in [1.82, 2.24) is 4.98 Å². The van der Waals surface area contributed by atoms with Crippen LogP contribution in [-0.4, -0.2) is 34.1 Å². The number of carbonyl (C=O) groups is 1. The lowest BCUT2D eigenvalue weighted by atomic mass is 10.2. The Morgan fingerprint density at radius 2 is 2.28 bits per heavy atom. The van der Waals surface area contributed by atoms with Gasteiger partial charge in [-0.25, -0.2) is 4.98 Å². The summed E-state index contributed by atoms with van der Waals surface area (Å²) in [5, 5.41) is 19.2. The molecule has 98 valence electrons. The van der Waals surface area contributed by atoms with Gasteiger partial charge in [-0.3, -0.25) is 14.9 Å². The molecule has 0 saturated heterocycles. The second-order valence-electron chi connectivity index (χ2n) is 3.81. The van der Waals surface area contributed by atoms with E-state index < -0.39 is 10.9 Å². The summed E-state index contributed by atoms with van der Waals surface area (Å²) < 4.78 is 0. The first-order chi connectivity index (χ1) is 8.45. The number of aryl methyl sites for hydroxylation is 1. The second-order valence-corrected chi connectivity index (χ2v) is 3.81. The standard InChI is InChI=1S/C11H15N3O4/c1-3-13(5-4-10(15)16)11-8(2)6-9(7-12-11)14(17)18/h6-7H,3-5H2,1-2H3,(H,15,16). The lowest BCUT2D eigenvalue weighted by Crippen LogP contribution is -2.27. The van der Waals surface area contributed by atoms with Gasteiger partial charge < -0.3 is 10.0 Å². The van der Waals surface area contributed by atoms with E-state index >= 15 is 0 Å². The fraction of sp³-hybridized carbons (Fsp3) is 0.455. The smallest absolute Gasteiger partial charge is 0.305 e. The summed E-state index contributed by atoms with van der Waals surface area (Å²) in [7, 11) is 0. The van der Waals surface area contributed by atoms with Crippen LogP contribution in [0.5, 0.6) is 0 Å². The van der Waals surface area contributed by atoms with Gasteiger partial charge in [0.15, 0.2) is 0 Å². The summed E-state index contributed by atoms with van der Waals surface area (Å²) in [5.41, 5.74) is 0.599. The van der Waals surface area contributed by atoms with Crippen molar-refractivity contribution in [1.29, 1.82) is 0 Å². The number of hydrogen-bond acceptors (Lipinski definition) is 5. The minimum atomic E-state index is -0.881. The SMILES string of the molecule is CCN(CCC(=O)O)c1ncc([N+](=O)[O-])cc1C. The zero-order valence-electron chi connectivity index (χ0n) is 10.3. The predicted molar refractivity (Wildman–Crippen MR) is 65.8 cm³/mol. The molecule has 1 heterocycles. The lowest BCUT2D eigenvalue weighted by Gasteiger charge is -2.22. The number of nitro groups is 1. The highest BCUT2D eigenvalue weighted by Crippen LogP contribution is 2.21. The van der Waals surface area contributed by atoms with Gasteiger partial charge in [-0.05, 0) is 19.4 Å². The lowest BCUT2D eigenvalue weighted by molar-refractivity contribution is -0.385. The zero-order valence-corrected chi connectivity index (χ0v) is 10.3. The monoisotopic (exact) mass is 253 g/mol. The van der Waals surface area contributed by atoms with E-state index in [0.717, 1.165) is 0 Å². The molecule has 7 heteroatoms. The Morgan fingerprint density at radius 3 is 2.72 bits per heavy atom. The maximum atomic E-state index is 10.6. The normalized spacial score (nSPS) is 10.1. The number of rotatable bonds is 6. The summed E-state index contributed by atoms with van der Waals surface area (Å²) in [6.07, 6.45) is 1.19. The molecule has 1 N–H and O–H groups in total. The van der Waals surface area contributed by atoms with Gasteiger partial charge in [0.25, 0.3) is 5.69 Å². The number of nitrogens with zero attached hydrogens (tertiary/aromatic N) is 3. The Labute approximate surface area is 104 Å². The van der Waals surface area contributed by atoms with Gasteiger partial charge in [-0.15, -0.1) is 0 Å². The fourth-order valence-electron chi connectivity index (χ4n) is 1.63. The third-order valence-corrected chi connectivity index (χ3v) is 2.52. The number of pyridine rings is 1. The molecule has 0 aliphatic heterocycles. The Hall–Kier alpha value is -2.18. The molecule has 0 spiro atoms. The largest absolute Gasteiger partial charge is 0.481 e. The van der Waals surface area contributed by atoms with Gasteiger partial charge >= 0.3 is 5.97 Å². The Balaban J connectivity index is 2.92. The quantitative estimate of drug-likeness (QED) is 0.611. The number of anilines is 1. The molecule has 0 aliphatic rings. The first-order valence-electron chi connectivity index (χ1n) is 5.53. The maximum absolute atomic E-state index is 10.6. The van der Waals surface area contributed by atoms with Gasteiger partial charge in [0.05, 0.1) is 11.3 Å². The van der Waals surface area contributed by atoms with Crippen molar-refractivity contribution in [3.05, 3.63) is 27.9 Å². The van der Waals surface area contributed by atoms with Crippen LogP contribution in [0, 0.1) is 17.0 Å². The molecule has 1 aromatic heterocycles. The van der Waals surface area contributed by atoms with Crippen LogP contribution in [0.2, 0.25) is 0 Å². The Bertz CT molecular complexity index is 462. The third-order valence-electron chi connectivity index (χ3n) is 2.52. The van der Waals surface area contributed by atoms with Gasteiger partial charge in [0, 0.05) is 19.2 Å². The van der Waals surface area contributed by atoms with Crippen LogP contribution in [0.1, 0.15) is 18.9 Å². The van der Waals surface area contributed by atoms with E-state index in [1.165, 1.54) is 12.3 Å². The minimum Gasteiger partial charge on any atom is -0.481 e. The molecule has 0 aliphatic carbocycles. The number of aromatic nitrogens is 1. The number of hydrogen-bond donors (Lipinski definition) is 1. The number of carboxylic acid groups (broad SMARTS) is 1. The van der Waals surface area contributed by atoms with E-state index in [1.54, 1.807) is 11.8 Å². The molecule has 0 fully saturated rings. The van der Waals surface area contributed by atoms with E-state index in [4.69, 9.17) is 5.11 Å². The van der Waals surface area contributed by atoms with E-state index in [-0.39, 0.29) is 12.1 Å².